The molecule has 0 atom stereocenters. The molecule has 0 bridgehead atoms. The molecule has 1 aromatic heterocycles. The number of nitrogen functional groups attached to an aromatic ring is 1. The Morgan fingerprint density at radius 1 is 1.42 bits per heavy atom. The number of Topliss-reactive ketones (excluding diaryl/α,β-unsaturated/α-hetero) is 1. The van der Waals surface area contributed by atoms with E-state index in [1.807, 2.05) is 24.6 Å². The molecule has 0 aliphatic carbocycles. The number of carbonyl (C=O) groups is 1. The largest absolute Gasteiger partial charge is 0.398 e. The Hall–Kier alpha value is -1.81. The molecule has 5 heteroatoms. The van der Waals surface area contributed by atoms with Crippen molar-refractivity contribution in [3.63, 3.8) is 0 Å². The first-order chi connectivity index (χ1) is 9.01. The molecule has 0 saturated carbocycles. The molecule has 1 heterocycles. The number of anilines is 1. The van der Waals surface area contributed by atoms with Gasteiger partial charge in [-0.15, -0.1) is 0 Å². The summed E-state index contributed by atoms with van der Waals surface area (Å²) in [5.41, 5.74) is 8.56. The summed E-state index contributed by atoms with van der Waals surface area (Å²) in [5.74, 6) is -0.0243. The number of rotatable bonds is 4. The second-order valence-electron chi connectivity index (χ2n) is 4.42. The van der Waals surface area contributed by atoms with Crippen molar-refractivity contribution in [3.05, 3.63) is 46.2 Å². The molecule has 2 aromatic rings. The summed E-state index contributed by atoms with van der Waals surface area (Å²) < 4.78 is 1.83. The lowest BCUT2D eigenvalue weighted by Crippen LogP contribution is -2.11. The zero-order valence-corrected chi connectivity index (χ0v) is 11.7. The Kier molecular flexibility index (Phi) is 3.90. The maximum atomic E-state index is 12.3. The van der Waals surface area contributed by atoms with E-state index in [0.29, 0.717) is 22.7 Å². The Balaban J connectivity index is 2.25. The van der Waals surface area contributed by atoms with Gasteiger partial charge in [-0.3, -0.25) is 9.48 Å². The molecule has 100 valence electrons. The average Bonchev–Trinajstić information content (AvgIpc) is 2.69. The van der Waals surface area contributed by atoms with Crippen molar-refractivity contribution in [1.29, 1.82) is 0 Å². The minimum absolute atomic E-state index is 0.0243. The van der Waals surface area contributed by atoms with Gasteiger partial charge in [-0.2, -0.15) is 5.10 Å². The van der Waals surface area contributed by atoms with Gasteiger partial charge in [0, 0.05) is 28.5 Å². The number of aryl methyl sites for hydroxylation is 2. The maximum Gasteiger partial charge on any atom is 0.170 e. The first-order valence-electron chi connectivity index (χ1n) is 6.12. The van der Waals surface area contributed by atoms with E-state index < -0.39 is 0 Å². The number of ketones is 1. The third-order valence-corrected chi connectivity index (χ3v) is 3.18. The van der Waals surface area contributed by atoms with Crippen LogP contribution in [0.3, 0.4) is 0 Å². The molecule has 1 aromatic carbocycles. The highest BCUT2D eigenvalue weighted by molar-refractivity contribution is 6.31. The summed E-state index contributed by atoms with van der Waals surface area (Å²) in [4.78, 5) is 12.3. The monoisotopic (exact) mass is 277 g/mol. The van der Waals surface area contributed by atoms with Gasteiger partial charge in [0.2, 0.25) is 0 Å². The fourth-order valence-corrected chi connectivity index (χ4v) is 2.24. The molecule has 0 amide bonds. The third kappa shape index (κ3) is 2.96. The molecule has 4 nitrogen and oxygen atoms in total. The number of carbonyl (C=O) groups excluding carboxylic acids is 1. The summed E-state index contributed by atoms with van der Waals surface area (Å²) in [6.45, 7) is 4.65. The third-order valence-electron chi connectivity index (χ3n) is 2.94. The maximum absolute atomic E-state index is 12.3. The van der Waals surface area contributed by atoms with Gasteiger partial charge in [0.1, 0.15) is 0 Å². The standard InChI is InChI=1S/C14H16ClN3O/c1-3-18-11(6-9(2)17-18)8-14(19)12-5-4-10(15)7-13(12)16/h4-7H,3,8,16H2,1-2H3. The van der Waals surface area contributed by atoms with Crippen LogP contribution in [0.25, 0.3) is 0 Å². The highest BCUT2D eigenvalue weighted by atomic mass is 35.5. The predicted molar refractivity (Wildman–Crippen MR) is 76.5 cm³/mol. The van der Waals surface area contributed by atoms with Crippen LogP contribution in [-0.2, 0) is 13.0 Å². The van der Waals surface area contributed by atoms with E-state index in [9.17, 15) is 4.79 Å². The summed E-state index contributed by atoms with van der Waals surface area (Å²) in [5, 5.41) is 4.86. The number of nitrogens with zero attached hydrogens (tertiary/aromatic N) is 2. The normalized spacial score (nSPS) is 10.7. The number of hydrogen-bond acceptors (Lipinski definition) is 3. The van der Waals surface area contributed by atoms with Crippen molar-refractivity contribution < 1.29 is 4.79 Å². The van der Waals surface area contributed by atoms with E-state index in [2.05, 4.69) is 5.10 Å². The minimum Gasteiger partial charge on any atom is -0.398 e. The fourth-order valence-electron chi connectivity index (χ4n) is 2.06. The molecule has 0 unspecified atom stereocenters. The molecule has 0 aliphatic rings. The highest BCUT2D eigenvalue weighted by Crippen LogP contribution is 2.20. The molecular formula is C14H16ClN3O. The average molecular weight is 278 g/mol. The van der Waals surface area contributed by atoms with E-state index >= 15 is 0 Å². The van der Waals surface area contributed by atoms with Gasteiger partial charge < -0.3 is 5.73 Å². The topological polar surface area (TPSA) is 60.9 Å². The number of benzene rings is 1. The lowest BCUT2D eigenvalue weighted by molar-refractivity contribution is 0.0991. The summed E-state index contributed by atoms with van der Waals surface area (Å²) in [6, 6.07) is 6.86. The predicted octanol–water partition coefficient (Wildman–Crippen LogP) is 2.87. The van der Waals surface area contributed by atoms with Gasteiger partial charge in [-0.05, 0) is 38.1 Å². The van der Waals surface area contributed by atoms with Crippen molar-refractivity contribution >= 4 is 23.1 Å². The summed E-state index contributed by atoms with van der Waals surface area (Å²) >= 11 is 5.83. The van der Waals surface area contributed by atoms with Gasteiger partial charge in [0.05, 0.1) is 12.1 Å². The van der Waals surface area contributed by atoms with Gasteiger partial charge >= 0.3 is 0 Å². The number of aromatic nitrogens is 2. The van der Waals surface area contributed by atoms with Gasteiger partial charge in [0.15, 0.2) is 5.78 Å². The van der Waals surface area contributed by atoms with E-state index in [-0.39, 0.29) is 5.78 Å². The van der Waals surface area contributed by atoms with Crippen LogP contribution in [0.2, 0.25) is 5.02 Å². The molecule has 19 heavy (non-hydrogen) atoms. The highest BCUT2D eigenvalue weighted by Gasteiger charge is 2.14. The van der Waals surface area contributed by atoms with Crippen molar-refractivity contribution in [1.82, 2.24) is 9.78 Å². The van der Waals surface area contributed by atoms with Crippen LogP contribution in [0.1, 0.15) is 28.7 Å². The summed E-state index contributed by atoms with van der Waals surface area (Å²) in [7, 11) is 0. The quantitative estimate of drug-likeness (QED) is 0.690. The van der Waals surface area contributed by atoms with Crippen LogP contribution in [0.4, 0.5) is 5.69 Å². The lowest BCUT2D eigenvalue weighted by Gasteiger charge is -2.06. The van der Waals surface area contributed by atoms with E-state index in [4.69, 9.17) is 17.3 Å². The molecule has 0 aliphatic heterocycles. The number of halogens is 1. The molecule has 2 rings (SSSR count). The van der Waals surface area contributed by atoms with Crippen LogP contribution in [0, 0.1) is 6.92 Å². The van der Waals surface area contributed by atoms with Crippen molar-refractivity contribution in [3.8, 4) is 0 Å². The molecule has 0 fully saturated rings. The zero-order chi connectivity index (χ0) is 14.0. The number of nitrogens with two attached hydrogens (primary N) is 1. The minimum atomic E-state index is -0.0243. The SMILES string of the molecule is CCn1nc(C)cc1CC(=O)c1ccc(Cl)cc1N. The molecule has 0 spiro atoms. The zero-order valence-electron chi connectivity index (χ0n) is 11.0. The smallest absolute Gasteiger partial charge is 0.170 e. The fraction of sp³-hybridized carbons (Fsp3) is 0.286. The molecule has 0 saturated heterocycles. The van der Waals surface area contributed by atoms with Crippen LogP contribution < -0.4 is 5.73 Å². The summed E-state index contributed by atoms with van der Waals surface area (Å²) in [6.07, 6.45) is 0.292. The van der Waals surface area contributed by atoms with Gasteiger partial charge in [-0.25, -0.2) is 0 Å². The van der Waals surface area contributed by atoms with Crippen LogP contribution in [0.5, 0.6) is 0 Å². The Morgan fingerprint density at radius 2 is 2.16 bits per heavy atom. The second-order valence-corrected chi connectivity index (χ2v) is 4.86. The van der Waals surface area contributed by atoms with Crippen LogP contribution in [0.15, 0.2) is 24.3 Å². The van der Waals surface area contributed by atoms with Crippen LogP contribution in [-0.4, -0.2) is 15.6 Å². The van der Waals surface area contributed by atoms with Crippen molar-refractivity contribution in [2.75, 3.05) is 5.73 Å². The Bertz CT molecular complexity index is 619. The van der Waals surface area contributed by atoms with Gasteiger partial charge in [0.25, 0.3) is 0 Å². The number of hydrogen-bond donors (Lipinski definition) is 1. The Morgan fingerprint density at radius 3 is 2.79 bits per heavy atom. The van der Waals surface area contributed by atoms with Crippen LogP contribution >= 0.6 is 11.6 Å². The van der Waals surface area contributed by atoms with E-state index in [1.165, 1.54) is 0 Å². The van der Waals surface area contributed by atoms with Gasteiger partial charge in [-0.1, -0.05) is 11.6 Å². The Labute approximate surface area is 117 Å². The van der Waals surface area contributed by atoms with E-state index in [1.54, 1.807) is 18.2 Å². The van der Waals surface area contributed by atoms with Crippen molar-refractivity contribution in [2.45, 2.75) is 26.8 Å². The molecule has 0 radical (unpaired) electrons. The van der Waals surface area contributed by atoms with E-state index in [0.717, 1.165) is 17.9 Å². The first-order valence-corrected chi connectivity index (χ1v) is 6.50. The van der Waals surface area contributed by atoms with Crippen molar-refractivity contribution in [2.24, 2.45) is 0 Å². The second kappa shape index (κ2) is 5.45. The lowest BCUT2D eigenvalue weighted by atomic mass is 10.0. The molecular weight excluding hydrogens is 262 g/mol. The first kappa shape index (κ1) is 13.6. The molecule has 2 N–H and O–H groups in total.